The van der Waals surface area contributed by atoms with Crippen LogP contribution in [-0.2, 0) is 10.2 Å². The van der Waals surface area contributed by atoms with Crippen LogP contribution in [0.5, 0.6) is 5.88 Å². The second kappa shape index (κ2) is 5.16. The average Bonchev–Trinajstić information content (AvgIpc) is 2.85. The first-order chi connectivity index (χ1) is 12.1. The topological polar surface area (TPSA) is 139 Å². The average molecular weight is 367 g/mol. The summed E-state index contributed by atoms with van der Waals surface area (Å²) in [7, 11) is 0. The number of para-hydroxylation sites is 1. The number of carboxylic acid groups (broad SMARTS) is 2. The van der Waals surface area contributed by atoms with Crippen molar-refractivity contribution < 1.29 is 37.7 Å². The van der Waals surface area contributed by atoms with Gasteiger partial charge in [0.05, 0.1) is 11.1 Å². The smallest absolute Gasteiger partial charge is 0.418 e. The Hall–Kier alpha value is -3.68. The van der Waals surface area contributed by atoms with Crippen molar-refractivity contribution in [3.63, 3.8) is 0 Å². The van der Waals surface area contributed by atoms with E-state index in [0.717, 1.165) is 12.1 Å². The number of carboxylic acids is 1. The van der Waals surface area contributed by atoms with E-state index >= 15 is 0 Å². The van der Waals surface area contributed by atoms with E-state index in [1.54, 1.807) is 0 Å². The van der Waals surface area contributed by atoms with E-state index in [2.05, 4.69) is 0 Å². The molecule has 11 heteroatoms. The normalized spacial score (nSPS) is 19.6. The van der Waals surface area contributed by atoms with Crippen molar-refractivity contribution in [3.05, 3.63) is 41.3 Å². The molecule has 1 aromatic heterocycles. The number of aromatic nitrogens is 1. The fraction of sp³-hybridized carbons (Fsp3) is 0.133. The zero-order valence-electron chi connectivity index (χ0n) is 12.5. The van der Waals surface area contributed by atoms with Crippen LogP contribution in [0.15, 0.2) is 35.7 Å². The van der Waals surface area contributed by atoms with Crippen LogP contribution in [0.25, 0.3) is 10.9 Å². The molecule has 1 aliphatic rings. The van der Waals surface area contributed by atoms with Gasteiger partial charge in [-0.3, -0.25) is 4.79 Å². The highest BCUT2D eigenvalue weighted by molar-refractivity contribution is 6.02. The molecule has 0 amide bonds. The van der Waals surface area contributed by atoms with E-state index < -0.39 is 46.6 Å². The number of nitrogens with zero attached hydrogens (tertiary/aromatic N) is 2. The number of ether oxygens (including phenoxy) is 1. The van der Waals surface area contributed by atoms with E-state index in [-0.39, 0.29) is 10.9 Å². The van der Waals surface area contributed by atoms with Gasteiger partial charge in [0.15, 0.2) is 0 Å². The third-order valence-electron chi connectivity index (χ3n) is 4.08. The summed E-state index contributed by atoms with van der Waals surface area (Å²) in [6.45, 7) is 0. The minimum absolute atomic E-state index is 0.244. The summed E-state index contributed by atoms with van der Waals surface area (Å²) >= 11 is 0. The Morgan fingerprint density at radius 2 is 1.88 bits per heavy atom. The van der Waals surface area contributed by atoms with Crippen molar-refractivity contribution in [2.75, 3.05) is 0 Å². The van der Waals surface area contributed by atoms with Crippen molar-refractivity contribution in [1.82, 2.24) is 4.57 Å². The molecule has 8 nitrogen and oxygen atoms in total. The molecule has 26 heavy (non-hydrogen) atoms. The van der Waals surface area contributed by atoms with Gasteiger partial charge in [-0.05, 0) is 6.07 Å². The zero-order valence-corrected chi connectivity index (χ0v) is 12.5. The van der Waals surface area contributed by atoms with E-state index in [1.165, 1.54) is 18.2 Å². The number of rotatable bonds is 1. The molecule has 0 spiro atoms. The molecule has 0 saturated carbocycles. The largest absolute Gasteiger partial charge is 0.480 e. The van der Waals surface area contributed by atoms with Crippen molar-refractivity contribution in [2.24, 2.45) is 5.73 Å². The highest BCUT2D eigenvalue weighted by Crippen LogP contribution is 2.55. The molecule has 4 N–H and O–H groups in total. The summed E-state index contributed by atoms with van der Waals surface area (Å²) < 4.78 is 47.4. The second-order valence-corrected chi connectivity index (χ2v) is 5.32. The molecule has 1 aromatic carbocycles. The Balaban J connectivity index is 2.65. The minimum atomic E-state index is -5.51. The molecule has 1 aliphatic heterocycles. The maximum Gasteiger partial charge on any atom is 0.418 e. The van der Waals surface area contributed by atoms with Crippen LogP contribution in [-0.4, -0.2) is 33.0 Å². The number of fused-ring (bicyclic) bond motifs is 3. The van der Waals surface area contributed by atoms with Crippen LogP contribution in [0.4, 0.5) is 18.0 Å². The molecule has 0 fully saturated rings. The van der Waals surface area contributed by atoms with Gasteiger partial charge < -0.3 is 20.7 Å². The SMILES string of the molecule is N#CC1=C(N)Oc2c(c3ccccc3n2C(=O)O)C1(C(=O)O)C(F)(F)F. The predicted molar refractivity (Wildman–Crippen MR) is 78.2 cm³/mol. The third kappa shape index (κ3) is 1.83. The number of aliphatic carboxylic acids is 1. The van der Waals surface area contributed by atoms with Gasteiger partial charge in [0, 0.05) is 5.39 Å². The summed E-state index contributed by atoms with van der Waals surface area (Å²) in [5, 5.41) is 27.7. The minimum Gasteiger partial charge on any atom is -0.480 e. The Morgan fingerprint density at radius 1 is 1.27 bits per heavy atom. The van der Waals surface area contributed by atoms with Crippen molar-refractivity contribution in [3.8, 4) is 11.9 Å². The van der Waals surface area contributed by atoms with Gasteiger partial charge in [0.1, 0.15) is 11.6 Å². The Morgan fingerprint density at radius 3 is 2.38 bits per heavy atom. The summed E-state index contributed by atoms with van der Waals surface area (Å²) in [4.78, 5) is 23.4. The van der Waals surface area contributed by atoms with E-state index in [1.807, 2.05) is 0 Å². The molecule has 1 unspecified atom stereocenters. The number of alkyl halides is 3. The molecule has 1 atom stereocenters. The molecule has 0 aliphatic carbocycles. The summed E-state index contributed by atoms with van der Waals surface area (Å²) in [5.41, 5.74) is -1.14. The molecule has 0 radical (unpaired) electrons. The first-order valence-electron chi connectivity index (χ1n) is 6.84. The Kier molecular flexibility index (Phi) is 3.40. The molecule has 2 heterocycles. The molecular weight excluding hydrogens is 359 g/mol. The van der Waals surface area contributed by atoms with Crippen molar-refractivity contribution in [2.45, 2.75) is 11.6 Å². The van der Waals surface area contributed by atoms with E-state index in [4.69, 9.17) is 15.7 Å². The monoisotopic (exact) mass is 367 g/mol. The van der Waals surface area contributed by atoms with Gasteiger partial charge in [0.2, 0.25) is 17.2 Å². The summed E-state index contributed by atoms with van der Waals surface area (Å²) in [5.74, 6) is -4.48. The number of nitrogens with two attached hydrogens (primary N) is 1. The number of carbonyl (C=O) groups is 2. The lowest BCUT2D eigenvalue weighted by molar-refractivity contribution is -0.197. The lowest BCUT2D eigenvalue weighted by atomic mass is 9.72. The van der Waals surface area contributed by atoms with Gasteiger partial charge in [-0.1, -0.05) is 18.2 Å². The maximum atomic E-state index is 14.0. The number of hydrogen-bond donors (Lipinski definition) is 3. The second-order valence-electron chi connectivity index (χ2n) is 5.32. The first-order valence-corrected chi connectivity index (χ1v) is 6.84. The van der Waals surface area contributed by atoms with Gasteiger partial charge in [0.25, 0.3) is 0 Å². The van der Waals surface area contributed by atoms with E-state index in [0.29, 0.717) is 4.57 Å². The summed E-state index contributed by atoms with van der Waals surface area (Å²) in [6, 6.07) is 6.08. The molecule has 134 valence electrons. The third-order valence-corrected chi connectivity index (χ3v) is 4.08. The predicted octanol–water partition coefficient (Wildman–Crippen LogP) is 2.14. The quantitative estimate of drug-likeness (QED) is 0.702. The van der Waals surface area contributed by atoms with Crippen LogP contribution in [0.1, 0.15) is 5.56 Å². The lowest BCUT2D eigenvalue weighted by Gasteiger charge is -2.34. The van der Waals surface area contributed by atoms with Crippen molar-refractivity contribution >= 4 is 23.0 Å². The fourth-order valence-corrected chi connectivity index (χ4v) is 3.09. The lowest BCUT2D eigenvalue weighted by Crippen LogP contribution is -2.53. The molecule has 3 rings (SSSR count). The van der Waals surface area contributed by atoms with Crippen LogP contribution in [0.3, 0.4) is 0 Å². The maximum absolute atomic E-state index is 14.0. The number of halogens is 3. The van der Waals surface area contributed by atoms with Gasteiger partial charge in [-0.15, -0.1) is 0 Å². The highest BCUT2D eigenvalue weighted by Gasteiger charge is 2.70. The summed E-state index contributed by atoms with van der Waals surface area (Å²) in [6.07, 6.45) is -7.22. The number of hydrogen-bond acceptors (Lipinski definition) is 5. The van der Waals surface area contributed by atoms with Crippen LogP contribution < -0.4 is 10.5 Å². The van der Waals surface area contributed by atoms with Crippen LogP contribution in [0.2, 0.25) is 0 Å². The number of benzene rings is 1. The number of nitriles is 1. The highest BCUT2D eigenvalue weighted by atomic mass is 19.4. The zero-order chi connectivity index (χ0) is 19.4. The fourth-order valence-electron chi connectivity index (χ4n) is 3.09. The van der Waals surface area contributed by atoms with Gasteiger partial charge in [-0.25, -0.2) is 9.36 Å². The van der Waals surface area contributed by atoms with Gasteiger partial charge in [-0.2, -0.15) is 18.4 Å². The molecule has 2 aromatic rings. The molecule has 0 bridgehead atoms. The standard InChI is InChI=1S/C15H8F3N3O5/c16-15(17,18)14(12(22)23)7(5-19)10(20)26-11-9(14)6-3-1-2-4-8(6)21(11)13(24)25/h1-4H,20H2,(H,22,23)(H,24,25). The van der Waals surface area contributed by atoms with Crippen molar-refractivity contribution in [1.29, 1.82) is 5.26 Å². The Bertz CT molecular complexity index is 1050. The molecule has 0 saturated heterocycles. The molecular formula is C15H8F3N3O5. The van der Waals surface area contributed by atoms with Gasteiger partial charge >= 0.3 is 18.2 Å². The Labute approximate surface area is 142 Å². The van der Waals surface area contributed by atoms with Crippen LogP contribution >= 0.6 is 0 Å². The first kappa shape index (κ1) is 17.2. The van der Waals surface area contributed by atoms with E-state index in [9.17, 15) is 33.0 Å². The van der Waals surface area contributed by atoms with Crippen LogP contribution in [0, 0.1) is 11.3 Å².